The summed E-state index contributed by atoms with van der Waals surface area (Å²) in [4.78, 5) is 19.2. The molecule has 2 bridgehead atoms. The minimum absolute atomic E-state index is 0.120. The first-order valence-corrected chi connectivity index (χ1v) is 8.81. The lowest BCUT2D eigenvalue weighted by atomic mass is 9.79. The van der Waals surface area contributed by atoms with Crippen LogP contribution in [0.2, 0.25) is 0 Å². The first kappa shape index (κ1) is 16.1. The third-order valence-electron chi connectivity index (χ3n) is 5.55. The molecule has 1 amide bonds. The van der Waals surface area contributed by atoms with Gasteiger partial charge >= 0.3 is 5.91 Å². The minimum atomic E-state index is -0.231. The number of carbonyl (C=O) groups excluding carboxylic acids is 1. The number of aromatic nitrogens is 1. The van der Waals surface area contributed by atoms with Gasteiger partial charge in [0.1, 0.15) is 5.75 Å². The average molecular weight is 341 g/mol. The number of nitrogens with one attached hydrogen (secondary N) is 1. The van der Waals surface area contributed by atoms with Crippen LogP contribution in [0.25, 0.3) is 11.3 Å². The predicted molar refractivity (Wildman–Crippen MR) is 93.5 cm³/mol. The van der Waals surface area contributed by atoms with E-state index in [9.17, 15) is 4.79 Å². The van der Waals surface area contributed by atoms with Gasteiger partial charge in [0.15, 0.2) is 5.76 Å². The van der Waals surface area contributed by atoms with Crippen LogP contribution >= 0.6 is 0 Å². The highest BCUT2D eigenvalue weighted by molar-refractivity contribution is 5.90. The van der Waals surface area contributed by atoms with Crippen molar-refractivity contribution in [3.63, 3.8) is 0 Å². The van der Waals surface area contributed by atoms with Crippen LogP contribution in [-0.4, -0.2) is 48.1 Å². The van der Waals surface area contributed by atoms with Crippen molar-refractivity contribution >= 4 is 5.91 Å². The Balaban J connectivity index is 1.47. The summed E-state index contributed by atoms with van der Waals surface area (Å²) in [6, 6.07) is 8.02. The Bertz CT molecular complexity index is 746. The van der Waals surface area contributed by atoms with Gasteiger partial charge in [-0.1, -0.05) is 0 Å². The van der Waals surface area contributed by atoms with Gasteiger partial charge in [-0.05, 0) is 63.0 Å². The highest BCUT2D eigenvalue weighted by atomic mass is 16.5. The second kappa shape index (κ2) is 6.52. The number of oxazole rings is 1. The molecule has 2 atom stereocenters. The Labute approximate surface area is 147 Å². The summed E-state index contributed by atoms with van der Waals surface area (Å²) in [5.74, 6) is 1.80. The molecule has 5 rings (SSSR count). The minimum Gasteiger partial charge on any atom is -0.497 e. The molecule has 1 aromatic heterocycles. The molecule has 0 saturated carbocycles. The molecule has 3 fully saturated rings. The van der Waals surface area contributed by atoms with E-state index in [1.807, 2.05) is 24.3 Å². The van der Waals surface area contributed by atoms with Gasteiger partial charge < -0.3 is 14.5 Å². The number of rotatable bonds is 4. The van der Waals surface area contributed by atoms with Gasteiger partial charge in [-0.25, -0.2) is 4.98 Å². The number of methoxy groups -OCH3 is 1. The number of ether oxygens (including phenoxy) is 1. The zero-order valence-corrected chi connectivity index (χ0v) is 14.6. The Morgan fingerprint density at radius 2 is 2.00 bits per heavy atom. The molecule has 6 nitrogen and oxygen atoms in total. The molecule has 0 radical (unpaired) electrons. The number of fused-ring (bicyclic) bond motifs is 3. The summed E-state index contributed by atoms with van der Waals surface area (Å²) in [6.45, 7) is 4.46. The number of nitrogens with zero attached hydrogens (tertiary/aromatic N) is 2. The summed E-state index contributed by atoms with van der Waals surface area (Å²) in [5, 5.41) is 3.14. The molecular formula is C19H23N3O3. The topological polar surface area (TPSA) is 67.6 Å². The monoisotopic (exact) mass is 341 g/mol. The molecule has 1 N–H and O–H groups in total. The van der Waals surface area contributed by atoms with Crippen molar-refractivity contribution in [2.24, 2.45) is 5.92 Å². The van der Waals surface area contributed by atoms with Gasteiger partial charge in [0.05, 0.1) is 13.3 Å². The van der Waals surface area contributed by atoms with E-state index in [2.05, 4.69) is 22.1 Å². The van der Waals surface area contributed by atoms with E-state index >= 15 is 0 Å². The Morgan fingerprint density at radius 3 is 2.64 bits per heavy atom. The number of amides is 1. The Kier molecular flexibility index (Phi) is 4.21. The maximum absolute atomic E-state index is 12.6. The van der Waals surface area contributed by atoms with Crippen molar-refractivity contribution in [2.75, 3.05) is 20.2 Å². The highest BCUT2D eigenvalue weighted by Gasteiger charge is 2.40. The lowest BCUT2D eigenvalue weighted by Gasteiger charge is -2.49. The zero-order valence-electron chi connectivity index (χ0n) is 14.6. The van der Waals surface area contributed by atoms with Gasteiger partial charge in [-0.3, -0.25) is 9.69 Å². The summed E-state index contributed by atoms with van der Waals surface area (Å²) >= 11 is 0. The highest BCUT2D eigenvalue weighted by Crippen LogP contribution is 2.32. The van der Waals surface area contributed by atoms with Gasteiger partial charge in [-0.2, -0.15) is 0 Å². The molecular weight excluding hydrogens is 318 g/mol. The third kappa shape index (κ3) is 3.02. The van der Waals surface area contributed by atoms with Crippen molar-refractivity contribution in [2.45, 2.75) is 31.8 Å². The molecule has 0 spiro atoms. The van der Waals surface area contributed by atoms with Crippen molar-refractivity contribution in [1.29, 1.82) is 0 Å². The summed E-state index contributed by atoms with van der Waals surface area (Å²) in [6.07, 6.45) is 3.90. The van der Waals surface area contributed by atoms with E-state index < -0.39 is 0 Å². The maximum Gasteiger partial charge on any atom is 0.307 e. The van der Waals surface area contributed by atoms with Crippen LogP contribution in [0.1, 0.15) is 30.5 Å². The van der Waals surface area contributed by atoms with E-state index in [0.29, 0.717) is 17.7 Å². The van der Waals surface area contributed by atoms with Crippen molar-refractivity contribution < 1.29 is 13.9 Å². The quantitative estimate of drug-likeness (QED) is 0.926. The lowest BCUT2D eigenvalue weighted by molar-refractivity contribution is 0.0210. The number of hydrogen-bond acceptors (Lipinski definition) is 5. The standard InChI is InChI=1S/C19H23N3O3/c1-12-17(14-7-9-22(12)10-8-14)21-18(23)19-20-11-16(25-19)13-3-5-15(24-2)6-4-13/h3-6,11-12,14,17H,7-10H2,1-2H3,(H,21,23)/t12-,17+/m1/s1. The lowest BCUT2D eigenvalue weighted by Crippen LogP contribution is -2.62. The van der Waals surface area contributed by atoms with Crippen LogP contribution in [0.3, 0.4) is 0 Å². The molecule has 4 heterocycles. The van der Waals surface area contributed by atoms with Crippen LogP contribution in [0.15, 0.2) is 34.9 Å². The van der Waals surface area contributed by atoms with Crippen LogP contribution in [-0.2, 0) is 0 Å². The smallest absolute Gasteiger partial charge is 0.307 e. The number of carbonyl (C=O) groups is 1. The zero-order chi connectivity index (χ0) is 17.4. The summed E-state index contributed by atoms with van der Waals surface area (Å²) in [5.41, 5.74) is 0.864. The van der Waals surface area contributed by atoms with Crippen LogP contribution in [0, 0.1) is 5.92 Å². The van der Waals surface area contributed by atoms with Crippen molar-refractivity contribution in [3.05, 3.63) is 36.4 Å². The van der Waals surface area contributed by atoms with Gasteiger partial charge in [0.25, 0.3) is 5.89 Å². The first-order valence-electron chi connectivity index (χ1n) is 8.81. The summed E-state index contributed by atoms with van der Waals surface area (Å²) < 4.78 is 10.8. The van der Waals surface area contributed by atoms with Gasteiger partial charge in [-0.15, -0.1) is 0 Å². The van der Waals surface area contributed by atoms with Gasteiger partial charge in [0, 0.05) is 17.6 Å². The normalized spacial score (nSPS) is 27.9. The third-order valence-corrected chi connectivity index (χ3v) is 5.55. The fourth-order valence-corrected chi connectivity index (χ4v) is 4.03. The first-order chi connectivity index (χ1) is 12.2. The predicted octanol–water partition coefficient (Wildman–Crippen LogP) is 2.56. The SMILES string of the molecule is COc1ccc(-c2cnc(C(=O)N[C@@H]3C4CCN(CC4)[C@@H]3C)o2)cc1. The average Bonchev–Trinajstić information content (AvgIpc) is 3.15. The van der Waals surface area contributed by atoms with Crippen LogP contribution in [0.5, 0.6) is 5.75 Å². The Hall–Kier alpha value is -2.34. The molecule has 1 aromatic carbocycles. The van der Waals surface area contributed by atoms with E-state index in [1.54, 1.807) is 13.3 Å². The fourth-order valence-electron chi connectivity index (χ4n) is 4.03. The molecule has 0 unspecified atom stereocenters. The van der Waals surface area contributed by atoms with Crippen molar-refractivity contribution in [3.8, 4) is 17.1 Å². The molecule has 2 aromatic rings. The van der Waals surface area contributed by atoms with Crippen LogP contribution < -0.4 is 10.1 Å². The summed E-state index contributed by atoms with van der Waals surface area (Å²) in [7, 11) is 1.63. The second-order valence-corrected chi connectivity index (χ2v) is 6.87. The van der Waals surface area contributed by atoms with Gasteiger partial charge in [0.2, 0.25) is 0 Å². The maximum atomic E-state index is 12.6. The van der Waals surface area contributed by atoms with Crippen LogP contribution in [0.4, 0.5) is 0 Å². The molecule has 6 heteroatoms. The molecule has 25 heavy (non-hydrogen) atoms. The number of hydrogen-bond donors (Lipinski definition) is 1. The second-order valence-electron chi connectivity index (χ2n) is 6.87. The molecule has 0 aliphatic carbocycles. The Morgan fingerprint density at radius 1 is 1.28 bits per heavy atom. The fraction of sp³-hybridized carbons (Fsp3) is 0.474. The molecule has 132 valence electrons. The van der Waals surface area contributed by atoms with E-state index in [-0.39, 0.29) is 17.8 Å². The largest absolute Gasteiger partial charge is 0.497 e. The van der Waals surface area contributed by atoms with E-state index in [4.69, 9.17) is 9.15 Å². The van der Waals surface area contributed by atoms with E-state index in [1.165, 1.54) is 0 Å². The molecule has 3 aliphatic heterocycles. The molecule has 3 aliphatic rings. The van der Waals surface area contributed by atoms with Crippen molar-refractivity contribution in [1.82, 2.24) is 15.2 Å². The van der Waals surface area contributed by atoms with E-state index in [0.717, 1.165) is 37.2 Å². The number of piperidine rings is 3. The molecule has 3 saturated heterocycles. The number of benzene rings is 1.